The highest BCUT2D eigenvalue weighted by atomic mass is 16.6. The monoisotopic (exact) mass is 373 g/mol. The van der Waals surface area contributed by atoms with Gasteiger partial charge in [-0.15, -0.1) is 0 Å². The van der Waals surface area contributed by atoms with Gasteiger partial charge in [0.2, 0.25) is 0 Å². The van der Waals surface area contributed by atoms with Gasteiger partial charge in [-0.1, -0.05) is 12.1 Å². The lowest BCUT2D eigenvalue weighted by Crippen LogP contribution is -2.33. The zero-order valence-corrected chi connectivity index (χ0v) is 14.2. The molecule has 10 heteroatoms. The van der Waals surface area contributed by atoms with Gasteiger partial charge in [0.1, 0.15) is 30.4 Å². The molecule has 1 aliphatic heterocycles. The van der Waals surface area contributed by atoms with Crippen molar-refractivity contribution < 1.29 is 25.2 Å². The van der Waals surface area contributed by atoms with E-state index in [2.05, 4.69) is 20.3 Å². The summed E-state index contributed by atoms with van der Waals surface area (Å²) in [5.41, 5.74) is 1.85. The van der Waals surface area contributed by atoms with Gasteiger partial charge < -0.3 is 30.5 Å². The van der Waals surface area contributed by atoms with E-state index < -0.39 is 31.1 Å². The van der Waals surface area contributed by atoms with E-state index in [1.807, 2.05) is 0 Å². The number of aliphatic hydroxyl groups is 3. The van der Waals surface area contributed by atoms with Crippen LogP contribution in [0.15, 0.2) is 36.9 Å². The van der Waals surface area contributed by atoms with Crippen molar-refractivity contribution in [2.24, 2.45) is 0 Å². The number of hydrogen-bond acceptors (Lipinski definition) is 9. The molecule has 142 valence electrons. The van der Waals surface area contributed by atoms with E-state index in [1.54, 1.807) is 24.3 Å². The summed E-state index contributed by atoms with van der Waals surface area (Å²) in [6.45, 7) is 0.0584. The molecule has 10 nitrogen and oxygen atoms in total. The lowest BCUT2D eigenvalue weighted by Gasteiger charge is -2.16. The average Bonchev–Trinajstić information content (AvgIpc) is 3.23. The number of phenols is 1. The van der Waals surface area contributed by atoms with Crippen LogP contribution in [-0.2, 0) is 11.3 Å². The topological polar surface area (TPSA) is 146 Å². The fraction of sp³-hybridized carbons (Fsp3) is 0.353. The lowest BCUT2D eigenvalue weighted by atomic mass is 10.1. The highest BCUT2D eigenvalue weighted by Crippen LogP contribution is 2.32. The minimum absolute atomic E-state index is 0.195. The first-order chi connectivity index (χ1) is 13.1. The Morgan fingerprint density at radius 2 is 1.85 bits per heavy atom. The molecule has 5 N–H and O–H groups in total. The van der Waals surface area contributed by atoms with Gasteiger partial charge in [-0.05, 0) is 17.7 Å². The predicted octanol–water partition coefficient (Wildman–Crippen LogP) is -0.245. The van der Waals surface area contributed by atoms with E-state index in [-0.39, 0.29) is 5.75 Å². The molecule has 0 amide bonds. The number of rotatable bonds is 5. The van der Waals surface area contributed by atoms with Gasteiger partial charge in [0.05, 0.1) is 12.9 Å². The predicted molar refractivity (Wildman–Crippen MR) is 93.8 cm³/mol. The Balaban J connectivity index is 1.59. The molecule has 1 saturated heterocycles. The molecule has 27 heavy (non-hydrogen) atoms. The number of aromatic nitrogens is 4. The summed E-state index contributed by atoms with van der Waals surface area (Å²) in [6, 6.07) is 6.78. The summed E-state index contributed by atoms with van der Waals surface area (Å²) >= 11 is 0. The van der Waals surface area contributed by atoms with Crippen molar-refractivity contribution in [3.05, 3.63) is 42.5 Å². The van der Waals surface area contributed by atoms with Gasteiger partial charge in [-0.2, -0.15) is 0 Å². The van der Waals surface area contributed by atoms with E-state index in [9.17, 15) is 20.4 Å². The fourth-order valence-electron chi connectivity index (χ4n) is 3.08. The first kappa shape index (κ1) is 17.6. The summed E-state index contributed by atoms with van der Waals surface area (Å²) in [4.78, 5) is 12.7. The van der Waals surface area contributed by atoms with Crippen LogP contribution in [0.2, 0.25) is 0 Å². The molecule has 0 aliphatic carbocycles. The van der Waals surface area contributed by atoms with E-state index in [4.69, 9.17) is 4.74 Å². The molecule has 2 unspecified atom stereocenters. The molecule has 0 saturated carbocycles. The van der Waals surface area contributed by atoms with Gasteiger partial charge in [0, 0.05) is 6.54 Å². The number of aliphatic hydroxyl groups excluding tert-OH is 3. The standard InChI is InChI=1S/C17H19N5O5/c23-6-11-13(25)14(26)17(27-11)22-8-21-12-15(19-7-20-16(12)22)18-5-9-1-3-10(24)4-2-9/h1-4,7-8,11,13-14,17,23-26H,5-6H2,(H,18,19,20)/t11-,13?,14?,17-/m1/s1. The smallest absolute Gasteiger partial charge is 0.167 e. The second-order valence-corrected chi connectivity index (χ2v) is 6.30. The number of nitrogens with one attached hydrogen (secondary N) is 1. The Morgan fingerprint density at radius 1 is 1.07 bits per heavy atom. The van der Waals surface area contributed by atoms with Crippen LogP contribution in [0.4, 0.5) is 5.82 Å². The van der Waals surface area contributed by atoms with Crippen LogP contribution in [0.5, 0.6) is 5.75 Å². The van der Waals surface area contributed by atoms with Gasteiger partial charge in [0.25, 0.3) is 0 Å². The van der Waals surface area contributed by atoms with E-state index in [1.165, 1.54) is 17.2 Å². The van der Waals surface area contributed by atoms with Crippen molar-refractivity contribution in [3.8, 4) is 5.75 Å². The molecular weight excluding hydrogens is 354 g/mol. The Hall–Kier alpha value is -2.79. The fourth-order valence-corrected chi connectivity index (χ4v) is 3.08. The summed E-state index contributed by atoms with van der Waals surface area (Å²) in [6.07, 6.45) is -1.40. The molecule has 3 aromatic rings. The van der Waals surface area contributed by atoms with Gasteiger partial charge in [-0.3, -0.25) is 4.57 Å². The number of imidazole rings is 1. The van der Waals surface area contributed by atoms with Crippen LogP contribution in [0.25, 0.3) is 11.2 Å². The molecule has 1 fully saturated rings. The maximum absolute atomic E-state index is 10.2. The SMILES string of the molecule is OC[C@H]1O[C@@H](n2cnc3c(NCc4ccc(O)cc4)ncnc32)C(O)C1O. The first-order valence-corrected chi connectivity index (χ1v) is 8.40. The van der Waals surface area contributed by atoms with Crippen molar-refractivity contribution >= 4 is 17.0 Å². The molecule has 0 bridgehead atoms. The molecule has 1 aromatic carbocycles. The van der Waals surface area contributed by atoms with Gasteiger partial charge in [-0.25, -0.2) is 15.0 Å². The average molecular weight is 373 g/mol. The molecule has 3 heterocycles. The third-order valence-corrected chi connectivity index (χ3v) is 4.55. The van der Waals surface area contributed by atoms with Crippen LogP contribution in [0.1, 0.15) is 11.8 Å². The molecule has 4 rings (SSSR count). The Morgan fingerprint density at radius 3 is 2.56 bits per heavy atom. The van der Waals surface area contributed by atoms with E-state index in [0.29, 0.717) is 23.5 Å². The first-order valence-electron chi connectivity index (χ1n) is 8.40. The number of aromatic hydroxyl groups is 1. The number of hydrogen-bond donors (Lipinski definition) is 5. The highest BCUT2D eigenvalue weighted by Gasteiger charge is 2.44. The zero-order valence-electron chi connectivity index (χ0n) is 14.2. The lowest BCUT2D eigenvalue weighted by molar-refractivity contribution is -0.0511. The van der Waals surface area contributed by atoms with Crippen LogP contribution >= 0.6 is 0 Å². The summed E-state index contributed by atoms with van der Waals surface area (Å²) in [7, 11) is 0. The van der Waals surface area contributed by atoms with Crippen LogP contribution in [0, 0.1) is 0 Å². The zero-order chi connectivity index (χ0) is 19.0. The summed E-state index contributed by atoms with van der Waals surface area (Å²) < 4.78 is 7.04. The quantitative estimate of drug-likeness (QED) is 0.409. The Bertz CT molecular complexity index is 931. The molecule has 0 spiro atoms. The minimum Gasteiger partial charge on any atom is -0.508 e. The number of nitrogens with zero attached hydrogens (tertiary/aromatic N) is 4. The van der Waals surface area contributed by atoms with Crippen molar-refractivity contribution in [1.82, 2.24) is 19.5 Å². The number of ether oxygens (including phenoxy) is 1. The van der Waals surface area contributed by atoms with Crippen LogP contribution in [0.3, 0.4) is 0 Å². The van der Waals surface area contributed by atoms with Crippen molar-refractivity contribution in [1.29, 1.82) is 0 Å². The second-order valence-electron chi connectivity index (χ2n) is 6.30. The second kappa shape index (κ2) is 7.08. The number of anilines is 1. The molecule has 0 radical (unpaired) electrons. The maximum Gasteiger partial charge on any atom is 0.167 e. The van der Waals surface area contributed by atoms with Gasteiger partial charge >= 0.3 is 0 Å². The maximum atomic E-state index is 10.2. The third-order valence-electron chi connectivity index (χ3n) is 4.55. The van der Waals surface area contributed by atoms with Crippen molar-refractivity contribution in [2.75, 3.05) is 11.9 Å². The number of benzene rings is 1. The normalized spacial score (nSPS) is 25.1. The Labute approximate surface area is 153 Å². The largest absolute Gasteiger partial charge is 0.508 e. The minimum atomic E-state index is -1.22. The van der Waals surface area contributed by atoms with Crippen LogP contribution < -0.4 is 5.32 Å². The molecule has 4 atom stereocenters. The van der Waals surface area contributed by atoms with Gasteiger partial charge in [0.15, 0.2) is 23.2 Å². The summed E-state index contributed by atoms with van der Waals surface area (Å²) in [5.74, 6) is 0.694. The van der Waals surface area contributed by atoms with Crippen molar-refractivity contribution in [3.63, 3.8) is 0 Å². The third kappa shape index (κ3) is 3.19. The molecular formula is C17H19N5O5. The van der Waals surface area contributed by atoms with E-state index >= 15 is 0 Å². The van der Waals surface area contributed by atoms with Crippen molar-refractivity contribution in [2.45, 2.75) is 31.1 Å². The number of phenolic OH excluding ortho intramolecular Hbond substituents is 1. The highest BCUT2D eigenvalue weighted by molar-refractivity contribution is 5.82. The molecule has 2 aromatic heterocycles. The summed E-state index contributed by atoms with van der Waals surface area (Å²) in [5, 5.41) is 41.9. The number of fused-ring (bicyclic) bond motifs is 1. The molecule has 1 aliphatic rings. The Kier molecular flexibility index (Phi) is 4.62. The van der Waals surface area contributed by atoms with E-state index in [0.717, 1.165) is 5.56 Å². The van der Waals surface area contributed by atoms with Crippen LogP contribution in [-0.4, -0.2) is 64.9 Å².